The van der Waals surface area contributed by atoms with Gasteiger partial charge in [-0.3, -0.25) is 4.98 Å². The zero-order valence-corrected chi connectivity index (χ0v) is 11.2. The zero-order valence-electron chi connectivity index (χ0n) is 10.4. The van der Waals surface area contributed by atoms with E-state index in [9.17, 15) is 9.90 Å². The first kappa shape index (κ1) is 12.5. The van der Waals surface area contributed by atoms with Crippen molar-refractivity contribution in [2.75, 3.05) is 0 Å². The second kappa shape index (κ2) is 5.22. The average molecular weight is 282 g/mol. The maximum atomic E-state index is 11.4. The van der Waals surface area contributed by atoms with E-state index < -0.39 is 5.97 Å². The summed E-state index contributed by atoms with van der Waals surface area (Å²) in [6, 6.07) is 13.1. The summed E-state index contributed by atoms with van der Waals surface area (Å²) < 4.78 is 0. The van der Waals surface area contributed by atoms with Crippen molar-refractivity contribution in [2.45, 2.75) is 0 Å². The SMILES string of the molecule is O=C(O)c1sc(-c2ccccc2)nc1-c1ccncc1. The highest BCUT2D eigenvalue weighted by atomic mass is 32.1. The van der Waals surface area contributed by atoms with Crippen molar-refractivity contribution in [3.63, 3.8) is 0 Å². The van der Waals surface area contributed by atoms with E-state index in [4.69, 9.17) is 0 Å². The third-order valence-electron chi connectivity index (χ3n) is 2.80. The van der Waals surface area contributed by atoms with Crippen molar-refractivity contribution in [3.8, 4) is 21.8 Å². The van der Waals surface area contributed by atoms with Gasteiger partial charge in [0.25, 0.3) is 0 Å². The van der Waals surface area contributed by atoms with Crippen molar-refractivity contribution in [3.05, 3.63) is 59.7 Å². The molecule has 0 saturated heterocycles. The van der Waals surface area contributed by atoms with Crippen LogP contribution in [0.4, 0.5) is 0 Å². The molecule has 0 spiro atoms. The molecule has 2 aromatic heterocycles. The number of aromatic nitrogens is 2. The Balaban J connectivity index is 2.15. The second-order valence-electron chi connectivity index (χ2n) is 4.10. The second-order valence-corrected chi connectivity index (χ2v) is 5.10. The topological polar surface area (TPSA) is 63.1 Å². The van der Waals surface area contributed by atoms with Crippen molar-refractivity contribution in [1.29, 1.82) is 0 Å². The minimum Gasteiger partial charge on any atom is -0.477 e. The quantitative estimate of drug-likeness (QED) is 0.797. The molecule has 0 unspecified atom stereocenters. The lowest BCUT2D eigenvalue weighted by Crippen LogP contribution is -1.95. The molecule has 1 N–H and O–H groups in total. The fourth-order valence-corrected chi connectivity index (χ4v) is 2.81. The lowest BCUT2D eigenvalue weighted by molar-refractivity contribution is 0.0702. The van der Waals surface area contributed by atoms with Crippen LogP contribution in [0.2, 0.25) is 0 Å². The van der Waals surface area contributed by atoms with E-state index in [0.29, 0.717) is 10.7 Å². The lowest BCUT2D eigenvalue weighted by atomic mass is 10.2. The van der Waals surface area contributed by atoms with E-state index in [1.807, 2.05) is 30.3 Å². The summed E-state index contributed by atoms with van der Waals surface area (Å²) in [6.07, 6.45) is 3.25. The molecule has 0 saturated carbocycles. The van der Waals surface area contributed by atoms with Crippen LogP contribution in [-0.4, -0.2) is 21.0 Å². The number of aromatic carboxylic acids is 1. The van der Waals surface area contributed by atoms with Crippen LogP contribution < -0.4 is 0 Å². The van der Waals surface area contributed by atoms with Gasteiger partial charge in [-0.05, 0) is 12.1 Å². The molecule has 0 aliphatic heterocycles. The molecule has 0 radical (unpaired) electrons. The molecule has 4 nitrogen and oxygen atoms in total. The first-order chi connectivity index (χ1) is 9.75. The molecule has 0 amide bonds. The molecule has 20 heavy (non-hydrogen) atoms. The summed E-state index contributed by atoms with van der Waals surface area (Å²) in [7, 11) is 0. The number of benzene rings is 1. The van der Waals surface area contributed by atoms with Crippen molar-refractivity contribution >= 4 is 17.3 Å². The molecule has 0 bridgehead atoms. The van der Waals surface area contributed by atoms with Crippen LogP contribution in [-0.2, 0) is 0 Å². The number of pyridine rings is 1. The molecule has 0 fully saturated rings. The van der Waals surface area contributed by atoms with Gasteiger partial charge in [-0.25, -0.2) is 9.78 Å². The highest BCUT2D eigenvalue weighted by Crippen LogP contribution is 2.33. The first-order valence-electron chi connectivity index (χ1n) is 5.95. The van der Waals surface area contributed by atoms with Gasteiger partial charge >= 0.3 is 5.97 Å². The Morgan fingerprint density at radius 2 is 1.70 bits per heavy atom. The van der Waals surface area contributed by atoms with Gasteiger partial charge in [-0.15, -0.1) is 11.3 Å². The normalized spacial score (nSPS) is 10.4. The zero-order chi connectivity index (χ0) is 13.9. The number of nitrogens with zero attached hydrogens (tertiary/aromatic N) is 2. The Hall–Kier alpha value is -2.53. The predicted molar refractivity (Wildman–Crippen MR) is 77.7 cm³/mol. The van der Waals surface area contributed by atoms with E-state index in [1.165, 1.54) is 11.3 Å². The van der Waals surface area contributed by atoms with Crippen LogP contribution in [0.5, 0.6) is 0 Å². The van der Waals surface area contributed by atoms with Gasteiger partial charge in [0.15, 0.2) is 0 Å². The van der Waals surface area contributed by atoms with Gasteiger partial charge in [0.05, 0.1) is 5.69 Å². The van der Waals surface area contributed by atoms with Crippen molar-refractivity contribution < 1.29 is 9.90 Å². The largest absolute Gasteiger partial charge is 0.477 e. The highest BCUT2D eigenvalue weighted by Gasteiger charge is 2.19. The van der Waals surface area contributed by atoms with Crippen LogP contribution in [0.25, 0.3) is 21.8 Å². The average Bonchev–Trinajstić information content (AvgIpc) is 2.94. The molecule has 0 aliphatic carbocycles. The lowest BCUT2D eigenvalue weighted by Gasteiger charge is -1.97. The summed E-state index contributed by atoms with van der Waals surface area (Å²) >= 11 is 1.18. The molecule has 0 atom stereocenters. The summed E-state index contributed by atoms with van der Waals surface area (Å²) in [5.74, 6) is -0.962. The van der Waals surface area contributed by atoms with Crippen LogP contribution >= 0.6 is 11.3 Å². The summed E-state index contributed by atoms with van der Waals surface area (Å²) in [5, 5.41) is 10.0. The smallest absolute Gasteiger partial charge is 0.348 e. The van der Waals surface area contributed by atoms with Crippen LogP contribution in [0.3, 0.4) is 0 Å². The molecular weight excluding hydrogens is 272 g/mol. The number of carboxylic acid groups (broad SMARTS) is 1. The van der Waals surface area contributed by atoms with E-state index >= 15 is 0 Å². The highest BCUT2D eigenvalue weighted by molar-refractivity contribution is 7.17. The fourth-order valence-electron chi connectivity index (χ4n) is 1.87. The van der Waals surface area contributed by atoms with Crippen molar-refractivity contribution in [2.24, 2.45) is 0 Å². The van der Waals surface area contributed by atoms with Crippen LogP contribution in [0, 0.1) is 0 Å². The fraction of sp³-hybridized carbons (Fsp3) is 0. The van der Waals surface area contributed by atoms with Gasteiger partial charge in [0.2, 0.25) is 0 Å². The predicted octanol–water partition coefficient (Wildman–Crippen LogP) is 3.57. The molecule has 2 heterocycles. The Labute approximate surface area is 119 Å². The molecule has 5 heteroatoms. The number of thiazole rings is 1. The van der Waals surface area contributed by atoms with Crippen LogP contribution in [0.1, 0.15) is 9.67 Å². The minimum absolute atomic E-state index is 0.245. The molecule has 1 aromatic carbocycles. The first-order valence-corrected chi connectivity index (χ1v) is 6.77. The maximum absolute atomic E-state index is 11.4. The Morgan fingerprint density at radius 3 is 2.35 bits per heavy atom. The van der Waals surface area contributed by atoms with Gasteiger partial charge in [0, 0.05) is 23.5 Å². The van der Waals surface area contributed by atoms with E-state index in [2.05, 4.69) is 9.97 Å². The third kappa shape index (κ3) is 2.31. The number of hydrogen-bond donors (Lipinski definition) is 1. The van der Waals surface area contributed by atoms with E-state index in [-0.39, 0.29) is 4.88 Å². The standard InChI is InChI=1S/C15H10N2O2S/c18-15(19)13-12(10-6-8-16-9-7-10)17-14(20-13)11-4-2-1-3-5-11/h1-9H,(H,18,19). The number of hydrogen-bond acceptors (Lipinski definition) is 4. The maximum Gasteiger partial charge on any atom is 0.348 e. The van der Waals surface area contributed by atoms with Crippen LogP contribution in [0.15, 0.2) is 54.9 Å². The number of carbonyl (C=O) groups is 1. The molecule has 98 valence electrons. The van der Waals surface area contributed by atoms with Gasteiger partial charge < -0.3 is 5.11 Å². The van der Waals surface area contributed by atoms with Gasteiger partial charge in [-0.1, -0.05) is 30.3 Å². The number of carboxylic acids is 1. The molecule has 0 aliphatic rings. The summed E-state index contributed by atoms with van der Waals surface area (Å²) in [5.41, 5.74) is 2.17. The molecular formula is C15H10N2O2S. The molecule has 3 rings (SSSR count). The van der Waals surface area contributed by atoms with Gasteiger partial charge in [-0.2, -0.15) is 0 Å². The third-order valence-corrected chi connectivity index (χ3v) is 3.89. The van der Waals surface area contributed by atoms with E-state index in [0.717, 1.165) is 11.1 Å². The van der Waals surface area contributed by atoms with Gasteiger partial charge in [0.1, 0.15) is 9.88 Å². The Kier molecular flexibility index (Phi) is 3.26. The summed E-state index contributed by atoms with van der Waals surface area (Å²) in [6.45, 7) is 0. The summed E-state index contributed by atoms with van der Waals surface area (Å²) in [4.78, 5) is 20.1. The number of rotatable bonds is 3. The van der Waals surface area contributed by atoms with Crippen molar-refractivity contribution in [1.82, 2.24) is 9.97 Å². The monoisotopic (exact) mass is 282 g/mol. The molecule has 3 aromatic rings. The Morgan fingerprint density at radius 1 is 1.00 bits per heavy atom. The van der Waals surface area contributed by atoms with E-state index in [1.54, 1.807) is 24.5 Å². The Bertz CT molecular complexity index is 739. The minimum atomic E-state index is -0.962.